The summed E-state index contributed by atoms with van der Waals surface area (Å²) in [5, 5.41) is 11.3. The molecule has 0 saturated carbocycles. The first kappa shape index (κ1) is 19.7. The maximum atomic E-state index is 13.0. The van der Waals surface area contributed by atoms with E-state index in [1.165, 1.54) is 4.68 Å². The lowest BCUT2D eigenvalue weighted by molar-refractivity contribution is 0.0947. The van der Waals surface area contributed by atoms with Gasteiger partial charge in [0.05, 0.1) is 0 Å². The van der Waals surface area contributed by atoms with Crippen molar-refractivity contribution in [2.75, 3.05) is 10.6 Å². The van der Waals surface area contributed by atoms with Crippen LogP contribution in [0.1, 0.15) is 21.5 Å². The number of anilines is 2. The summed E-state index contributed by atoms with van der Waals surface area (Å²) in [5.41, 5.74) is 2.64. The topological polar surface area (TPSA) is 71.8 Å². The first-order chi connectivity index (χ1) is 14.7. The van der Waals surface area contributed by atoms with Crippen LogP contribution in [0.2, 0.25) is 5.02 Å². The molecule has 150 valence electrons. The van der Waals surface area contributed by atoms with Gasteiger partial charge in [0, 0.05) is 23.7 Å². The molecule has 30 heavy (non-hydrogen) atoms. The van der Waals surface area contributed by atoms with Crippen LogP contribution in [0.25, 0.3) is 0 Å². The number of hydrogen-bond acceptors (Lipinski definition) is 5. The number of nitrogens with zero attached hydrogens (tertiary/aromatic N) is 3. The third-order valence-corrected chi connectivity index (χ3v) is 4.73. The van der Waals surface area contributed by atoms with Crippen LogP contribution in [-0.4, -0.2) is 20.7 Å². The highest BCUT2D eigenvalue weighted by Crippen LogP contribution is 2.16. The molecule has 0 fully saturated rings. The summed E-state index contributed by atoms with van der Waals surface area (Å²) in [7, 11) is 0. The Morgan fingerprint density at radius 1 is 0.800 bits per heavy atom. The van der Waals surface area contributed by atoms with Gasteiger partial charge in [-0.25, -0.2) is 0 Å². The molecule has 2 N–H and O–H groups in total. The van der Waals surface area contributed by atoms with Crippen molar-refractivity contribution in [2.24, 2.45) is 0 Å². The minimum Gasteiger partial charge on any atom is -0.350 e. The molecule has 0 spiro atoms. The molecule has 6 nitrogen and oxygen atoms in total. The zero-order valence-electron chi connectivity index (χ0n) is 16.1. The highest BCUT2D eigenvalue weighted by molar-refractivity contribution is 6.30. The quantitative estimate of drug-likeness (QED) is 0.450. The number of aromatic nitrogens is 3. The third kappa shape index (κ3) is 4.85. The number of halogens is 1. The lowest BCUT2D eigenvalue weighted by Gasteiger charge is -2.07. The van der Waals surface area contributed by atoms with Crippen LogP contribution in [0.5, 0.6) is 0 Å². The van der Waals surface area contributed by atoms with Crippen LogP contribution in [0.15, 0.2) is 84.9 Å². The van der Waals surface area contributed by atoms with Gasteiger partial charge in [-0.05, 0) is 35.4 Å². The predicted octanol–water partition coefficient (Wildman–Crippen LogP) is 4.84. The molecule has 0 aliphatic carbocycles. The van der Waals surface area contributed by atoms with E-state index in [0.29, 0.717) is 35.6 Å². The average Bonchev–Trinajstić information content (AvgIpc) is 3.21. The Bertz CT molecular complexity index is 1110. The molecule has 0 aliphatic rings. The van der Waals surface area contributed by atoms with Gasteiger partial charge < -0.3 is 10.6 Å². The largest absolute Gasteiger partial charge is 0.350 e. The van der Waals surface area contributed by atoms with E-state index in [-0.39, 0.29) is 5.91 Å². The van der Waals surface area contributed by atoms with Crippen molar-refractivity contribution >= 4 is 29.4 Å². The average molecular weight is 418 g/mol. The van der Waals surface area contributed by atoms with Gasteiger partial charge >= 0.3 is 0 Å². The van der Waals surface area contributed by atoms with E-state index in [9.17, 15) is 4.79 Å². The van der Waals surface area contributed by atoms with Crippen molar-refractivity contribution in [3.05, 3.63) is 107 Å². The Hall–Kier alpha value is -3.64. The molecule has 1 heterocycles. The Balaban J connectivity index is 1.57. The fraction of sp³-hybridized carbons (Fsp3) is 0.0870. The summed E-state index contributed by atoms with van der Waals surface area (Å²) in [6.45, 7) is 1.07. The van der Waals surface area contributed by atoms with E-state index in [1.807, 2.05) is 60.7 Å². The van der Waals surface area contributed by atoms with E-state index in [0.717, 1.165) is 11.1 Å². The second-order valence-corrected chi connectivity index (χ2v) is 7.10. The van der Waals surface area contributed by atoms with Gasteiger partial charge in [0.1, 0.15) is 0 Å². The van der Waals surface area contributed by atoms with Crippen LogP contribution in [0, 0.1) is 0 Å². The van der Waals surface area contributed by atoms with Crippen molar-refractivity contribution in [2.45, 2.75) is 13.1 Å². The minimum absolute atomic E-state index is 0.289. The Morgan fingerprint density at radius 3 is 1.97 bits per heavy atom. The van der Waals surface area contributed by atoms with Crippen LogP contribution in [0.4, 0.5) is 11.9 Å². The van der Waals surface area contributed by atoms with Crippen LogP contribution < -0.4 is 10.6 Å². The van der Waals surface area contributed by atoms with Gasteiger partial charge in [0.25, 0.3) is 5.91 Å². The molecule has 3 aromatic carbocycles. The first-order valence-electron chi connectivity index (χ1n) is 9.52. The van der Waals surface area contributed by atoms with E-state index in [1.54, 1.807) is 24.3 Å². The predicted molar refractivity (Wildman–Crippen MR) is 119 cm³/mol. The second kappa shape index (κ2) is 9.24. The lowest BCUT2D eigenvalue weighted by atomic mass is 10.2. The van der Waals surface area contributed by atoms with Crippen molar-refractivity contribution < 1.29 is 4.79 Å². The maximum absolute atomic E-state index is 13.0. The molecule has 0 atom stereocenters. The number of rotatable bonds is 7. The van der Waals surface area contributed by atoms with Gasteiger partial charge in [-0.2, -0.15) is 9.67 Å². The van der Waals surface area contributed by atoms with Crippen LogP contribution in [-0.2, 0) is 13.1 Å². The zero-order valence-corrected chi connectivity index (χ0v) is 16.9. The van der Waals surface area contributed by atoms with Gasteiger partial charge in [-0.1, -0.05) is 72.3 Å². The standard InChI is InChI=1S/C23H20ClN5O/c24-20-13-11-19(12-14-20)21(30)29-23(26-16-18-9-5-2-6-10-18)27-22(28-29)25-15-17-7-3-1-4-8-17/h1-14H,15-16H2,(H2,25,26,27,28). The highest BCUT2D eigenvalue weighted by atomic mass is 35.5. The molecule has 0 saturated heterocycles. The molecule has 7 heteroatoms. The minimum atomic E-state index is -0.289. The van der Waals surface area contributed by atoms with Crippen LogP contribution in [0.3, 0.4) is 0 Å². The fourth-order valence-electron chi connectivity index (χ4n) is 2.91. The Labute approximate surface area is 179 Å². The molecular formula is C23H20ClN5O. The van der Waals surface area contributed by atoms with Gasteiger partial charge in [0.2, 0.25) is 11.9 Å². The first-order valence-corrected chi connectivity index (χ1v) is 9.90. The Kier molecular flexibility index (Phi) is 6.06. The molecule has 4 aromatic rings. The second-order valence-electron chi connectivity index (χ2n) is 6.66. The fourth-order valence-corrected chi connectivity index (χ4v) is 3.04. The van der Waals surface area contributed by atoms with Crippen molar-refractivity contribution in [3.63, 3.8) is 0 Å². The molecule has 4 rings (SSSR count). The molecule has 1 aromatic heterocycles. The monoisotopic (exact) mass is 417 g/mol. The number of carbonyl (C=O) groups excluding carboxylic acids is 1. The maximum Gasteiger partial charge on any atom is 0.281 e. The van der Waals surface area contributed by atoms with Crippen molar-refractivity contribution in [3.8, 4) is 0 Å². The molecular weight excluding hydrogens is 398 g/mol. The van der Waals surface area contributed by atoms with E-state index < -0.39 is 0 Å². The number of carbonyl (C=O) groups is 1. The molecule has 0 radical (unpaired) electrons. The number of hydrogen-bond donors (Lipinski definition) is 2. The summed E-state index contributed by atoms with van der Waals surface area (Å²) >= 11 is 5.95. The zero-order chi connectivity index (χ0) is 20.8. The molecule has 0 bridgehead atoms. The van der Waals surface area contributed by atoms with Gasteiger partial charge in [-0.15, -0.1) is 5.10 Å². The van der Waals surface area contributed by atoms with Crippen molar-refractivity contribution in [1.29, 1.82) is 0 Å². The van der Waals surface area contributed by atoms with E-state index in [4.69, 9.17) is 11.6 Å². The van der Waals surface area contributed by atoms with Crippen LogP contribution >= 0.6 is 11.6 Å². The number of benzene rings is 3. The SMILES string of the molecule is O=C(c1ccc(Cl)cc1)n1nc(NCc2ccccc2)nc1NCc1ccccc1. The van der Waals surface area contributed by atoms with Gasteiger partial charge in [-0.3, -0.25) is 4.79 Å². The smallest absolute Gasteiger partial charge is 0.281 e. The summed E-state index contributed by atoms with van der Waals surface area (Å²) < 4.78 is 1.28. The third-order valence-electron chi connectivity index (χ3n) is 4.48. The summed E-state index contributed by atoms with van der Waals surface area (Å²) in [4.78, 5) is 17.5. The van der Waals surface area contributed by atoms with Crippen molar-refractivity contribution in [1.82, 2.24) is 14.8 Å². The molecule has 0 aliphatic heterocycles. The Morgan fingerprint density at radius 2 is 1.37 bits per heavy atom. The molecule has 0 amide bonds. The highest BCUT2D eigenvalue weighted by Gasteiger charge is 2.18. The number of nitrogens with one attached hydrogen (secondary N) is 2. The lowest BCUT2D eigenvalue weighted by Crippen LogP contribution is -2.17. The molecule has 0 unspecified atom stereocenters. The van der Waals surface area contributed by atoms with Gasteiger partial charge in [0.15, 0.2) is 0 Å². The summed E-state index contributed by atoms with van der Waals surface area (Å²) in [6.07, 6.45) is 0. The van der Waals surface area contributed by atoms with E-state index >= 15 is 0 Å². The summed E-state index contributed by atoms with van der Waals surface area (Å²) in [5.74, 6) is 0.452. The van der Waals surface area contributed by atoms with E-state index in [2.05, 4.69) is 20.7 Å². The normalized spacial score (nSPS) is 10.6. The summed E-state index contributed by atoms with van der Waals surface area (Å²) in [6, 6.07) is 26.5.